The first kappa shape index (κ1) is 19.3. The lowest BCUT2D eigenvalue weighted by molar-refractivity contribution is -0.127. The van der Waals surface area contributed by atoms with E-state index in [1.807, 2.05) is 6.92 Å². The molecule has 1 aromatic carbocycles. The van der Waals surface area contributed by atoms with Crippen LogP contribution in [0.5, 0.6) is 5.75 Å². The van der Waals surface area contributed by atoms with Crippen LogP contribution in [-0.4, -0.2) is 31.6 Å². The Bertz CT molecular complexity index is 430. The minimum atomic E-state index is -0.627. The summed E-state index contributed by atoms with van der Waals surface area (Å²) in [6, 6.07) is 5.06. The summed E-state index contributed by atoms with van der Waals surface area (Å²) in [4.78, 5) is 11.8. The van der Waals surface area contributed by atoms with E-state index in [1.54, 1.807) is 25.1 Å². The highest BCUT2D eigenvalue weighted by Crippen LogP contribution is 2.31. The predicted molar refractivity (Wildman–Crippen MR) is 85.4 cm³/mol. The van der Waals surface area contributed by atoms with E-state index in [0.717, 1.165) is 13.1 Å². The number of rotatable bonds is 7. The standard InChI is InChI=1S/C13H18Cl2N2O2.ClH/c1-3-16-7-8-17-13(18)9(2)19-11-6-4-5-10(14)12(11)15;/h4-6,9,16H,3,7-8H2,1-2H3,(H,17,18);1H. The Hall–Kier alpha value is -0.680. The van der Waals surface area contributed by atoms with Crippen LogP contribution in [0, 0.1) is 0 Å². The van der Waals surface area contributed by atoms with E-state index in [1.165, 1.54) is 0 Å². The summed E-state index contributed by atoms with van der Waals surface area (Å²) in [7, 11) is 0. The third-order valence-electron chi connectivity index (χ3n) is 2.44. The van der Waals surface area contributed by atoms with Crippen molar-refractivity contribution in [3.63, 3.8) is 0 Å². The highest BCUT2D eigenvalue weighted by Gasteiger charge is 2.16. The maximum atomic E-state index is 11.8. The number of nitrogens with one attached hydrogen (secondary N) is 2. The first-order valence-corrected chi connectivity index (χ1v) is 6.91. The Morgan fingerprint density at radius 1 is 1.35 bits per heavy atom. The van der Waals surface area contributed by atoms with Crippen molar-refractivity contribution in [1.29, 1.82) is 0 Å². The zero-order valence-electron chi connectivity index (χ0n) is 11.4. The molecular weight excluding hydrogens is 323 g/mol. The molecule has 1 rings (SSSR count). The fourth-order valence-electron chi connectivity index (χ4n) is 1.41. The molecule has 114 valence electrons. The van der Waals surface area contributed by atoms with Gasteiger partial charge in [0.1, 0.15) is 10.8 Å². The van der Waals surface area contributed by atoms with Gasteiger partial charge in [-0.2, -0.15) is 0 Å². The second-order valence-corrected chi connectivity index (χ2v) is 4.74. The normalized spacial score (nSPS) is 11.4. The number of halogens is 3. The van der Waals surface area contributed by atoms with Crippen molar-refractivity contribution in [2.75, 3.05) is 19.6 Å². The van der Waals surface area contributed by atoms with Crippen molar-refractivity contribution >= 4 is 41.5 Å². The summed E-state index contributed by atoms with van der Waals surface area (Å²) in [5.41, 5.74) is 0. The third-order valence-corrected chi connectivity index (χ3v) is 3.24. The lowest BCUT2D eigenvalue weighted by Gasteiger charge is -2.16. The molecule has 4 nitrogen and oxygen atoms in total. The van der Waals surface area contributed by atoms with Gasteiger partial charge in [0, 0.05) is 13.1 Å². The van der Waals surface area contributed by atoms with Gasteiger partial charge in [-0.1, -0.05) is 36.2 Å². The smallest absolute Gasteiger partial charge is 0.260 e. The quantitative estimate of drug-likeness (QED) is 0.750. The lowest BCUT2D eigenvalue weighted by Crippen LogP contribution is -2.39. The molecule has 1 atom stereocenters. The number of benzene rings is 1. The Morgan fingerprint density at radius 3 is 2.70 bits per heavy atom. The van der Waals surface area contributed by atoms with Gasteiger partial charge in [0.05, 0.1) is 5.02 Å². The summed E-state index contributed by atoms with van der Waals surface area (Å²) < 4.78 is 5.50. The molecule has 0 saturated heterocycles. The Labute approximate surface area is 135 Å². The number of hydrogen-bond acceptors (Lipinski definition) is 3. The van der Waals surface area contributed by atoms with Crippen molar-refractivity contribution in [3.8, 4) is 5.75 Å². The number of likely N-dealkylation sites (N-methyl/N-ethyl adjacent to an activating group) is 1. The fourth-order valence-corrected chi connectivity index (χ4v) is 1.75. The molecule has 1 unspecified atom stereocenters. The maximum absolute atomic E-state index is 11.8. The first-order valence-electron chi connectivity index (χ1n) is 6.15. The van der Waals surface area contributed by atoms with Gasteiger partial charge < -0.3 is 15.4 Å². The average Bonchev–Trinajstić information content (AvgIpc) is 2.39. The summed E-state index contributed by atoms with van der Waals surface area (Å²) >= 11 is 11.9. The fraction of sp³-hybridized carbons (Fsp3) is 0.462. The highest BCUT2D eigenvalue weighted by atomic mass is 35.5. The topological polar surface area (TPSA) is 50.4 Å². The summed E-state index contributed by atoms with van der Waals surface area (Å²) in [6.45, 7) is 5.84. The Balaban J connectivity index is 0.00000361. The van der Waals surface area contributed by atoms with Crippen LogP contribution in [0.4, 0.5) is 0 Å². The zero-order valence-corrected chi connectivity index (χ0v) is 13.7. The van der Waals surface area contributed by atoms with Gasteiger partial charge in [0.25, 0.3) is 5.91 Å². The highest BCUT2D eigenvalue weighted by molar-refractivity contribution is 6.42. The first-order chi connectivity index (χ1) is 9.06. The molecule has 7 heteroatoms. The van der Waals surface area contributed by atoms with Crippen molar-refractivity contribution in [2.45, 2.75) is 20.0 Å². The summed E-state index contributed by atoms with van der Waals surface area (Å²) in [5, 5.41) is 6.60. The minimum Gasteiger partial charge on any atom is -0.479 e. The zero-order chi connectivity index (χ0) is 14.3. The van der Waals surface area contributed by atoms with Crippen molar-refractivity contribution < 1.29 is 9.53 Å². The lowest BCUT2D eigenvalue weighted by atomic mass is 10.3. The second kappa shape index (κ2) is 10.1. The van der Waals surface area contributed by atoms with E-state index < -0.39 is 6.10 Å². The maximum Gasteiger partial charge on any atom is 0.260 e. The number of amides is 1. The van der Waals surface area contributed by atoms with Gasteiger partial charge in [-0.05, 0) is 25.6 Å². The molecule has 2 N–H and O–H groups in total. The molecule has 0 aliphatic rings. The van der Waals surface area contributed by atoms with Crippen LogP contribution in [-0.2, 0) is 4.79 Å². The molecule has 0 heterocycles. The molecule has 0 aliphatic heterocycles. The van der Waals surface area contributed by atoms with Crippen LogP contribution in [0.3, 0.4) is 0 Å². The molecule has 1 amide bonds. The van der Waals surface area contributed by atoms with Crippen molar-refractivity contribution in [1.82, 2.24) is 10.6 Å². The minimum absolute atomic E-state index is 0. The van der Waals surface area contributed by atoms with Gasteiger partial charge in [-0.3, -0.25) is 4.79 Å². The summed E-state index contributed by atoms with van der Waals surface area (Å²) in [6.07, 6.45) is -0.627. The van der Waals surface area contributed by atoms with E-state index in [2.05, 4.69) is 10.6 Å². The molecule has 0 radical (unpaired) electrons. The predicted octanol–water partition coefficient (Wildman–Crippen LogP) is 2.91. The molecular formula is C13H19Cl3N2O2. The largest absolute Gasteiger partial charge is 0.479 e. The molecule has 0 bridgehead atoms. The Kier molecular flexibility index (Phi) is 9.76. The second-order valence-electron chi connectivity index (χ2n) is 3.96. The molecule has 1 aromatic rings. The van der Waals surface area contributed by atoms with Crippen molar-refractivity contribution in [2.24, 2.45) is 0 Å². The van der Waals surface area contributed by atoms with E-state index in [9.17, 15) is 4.79 Å². The molecule has 0 fully saturated rings. The monoisotopic (exact) mass is 340 g/mol. The summed E-state index contributed by atoms with van der Waals surface area (Å²) in [5.74, 6) is 0.220. The van der Waals surface area contributed by atoms with Gasteiger partial charge >= 0.3 is 0 Å². The van der Waals surface area contributed by atoms with Crippen molar-refractivity contribution in [3.05, 3.63) is 28.2 Å². The van der Waals surface area contributed by atoms with Crippen LogP contribution in [0.2, 0.25) is 10.0 Å². The van der Waals surface area contributed by atoms with E-state index >= 15 is 0 Å². The van der Waals surface area contributed by atoms with E-state index in [4.69, 9.17) is 27.9 Å². The SMILES string of the molecule is CCNCCNC(=O)C(C)Oc1cccc(Cl)c1Cl.Cl. The van der Waals surface area contributed by atoms with Gasteiger partial charge in [0.15, 0.2) is 6.10 Å². The van der Waals surface area contributed by atoms with Crippen LogP contribution in [0.15, 0.2) is 18.2 Å². The van der Waals surface area contributed by atoms with Gasteiger partial charge in [-0.25, -0.2) is 0 Å². The Morgan fingerprint density at radius 2 is 2.05 bits per heavy atom. The van der Waals surface area contributed by atoms with Gasteiger partial charge in [0.2, 0.25) is 0 Å². The van der Waals surface area contributed by atoms with Crippen LogP contribution in [0.1, 0.15) is 13.8 Å². The van der Waals surface area contributed by atoms with Crippen LogP contribution < -0.4 is 15.4 Å². The van der Waals surface area contributed by atoms with E-state index in [-0.39, 0.29) is 18.3 Å². The molecule has 0 aliphatic carbocycles. The number of carbonyl (C=O) groups excluding carboxylic acids is 1. The molecule has 0 spiro atoms. The average molecular weight is 342 g/mol. The van der Waals surface area contributed by atoms with Crippen LogP contribution >= 0.6 is 35.6 Å². The molecule has 0 saturated carbocycles. The van der Waals surface area contributed by atoms with Gasteiger partial charge in [-0.15, -0.1) is 12.4 Å². The van der Waals surface area contributed by atoms with Crippen LogP contribution in [0.25, 0.3) is 0 Å². The molecule has 20 heavy (non-hydrogen) atoms. The van der Waals surface area contributed by atoms with E-state index in [0.29, 0.717) is 22.3 Å². The number of carbonyl (C=O) groups is 1. The number of hydrogen-bond donors (Lipinski definition) is 2. The third kappa shape index (κ3) is 6.18. The molecule has 0 aromatic heterocycles. The number of ether oxygens (including phenoxy) is 1.